The predicted octanol–water partition coefficient (Wildman–Crippen LogP) is 3.90. The van der Waals surface area contributed by atoms with Crippen molar-refractivity contribution in [3.8, 4) is 0 Å². The summed E-state index contributed by atoms with van der Waals surface area (Å²) in [7, 11) is 0. The van der Waals surface area contributed by atoms with Crippen LogP contribution in [-0.4, -0.2) is 30.1 Å². The van der Waals surface area contributed by atoms with Crippen LogP contribution in [0.4, 0.5) is 0 Å². The van der Waals surface area contributed by atoms with Crippen molar-refractivity contribution in [3.05, 3.63) is 0 Å². The van der Waals surface area contributed by atoms with Crippen LogP contribution in [0.5, 0.6) is 0 Å². The van der Waals surface area contributed by atoms with Crippen LogP contribution >= 0.6 is 0 Å². The van der Waals surface area contributed by atoms with Gasteiger partial charge in [0, 0.05) is 18.6 Å². The molecule has 2 fully saturated rings. The highest BCUT2D eigenvalue weighted by atomic mass is 15.2. The zero-order valence-electron chi connectivity index (χ0n) is 14.2. The van der Waals surface area contributed by atoms with E-state index in [1.165, 1.54) is 51.6 Å². The van der Waals surface area contributed by atoms with Crippen LogP contribution in [0.3, 0.4) is 0 Å². The second-order valence-electron chi connectivity index (χ2n) is 8.10. The zero-order valence-corrected chi connectivity index (χ0v) is 14.2. The molecule has 1 saturated carbocycles. The number of likely N-dealkylation sites (tertiary alicyclic amines) is 1. The number of hydrogen-bond acceptors (Lipinski definition) is 2. The Morgan fingerprint density at radius 1 is 1.00 bits per heavy atom. The van der Waals surface area contributed by atoms with Crippen molar-refractivity contribution in [2.45, 2.75) is 71.8 Å². The molecule has 2 nitrogen and oxygen atoms in total. The molecule has 2 rings (SSSR count). The largest absolute Gasteiger partial charge is 0.329 e. The second-order valence-corrected chi connectivity index (χ2v) is 8.10. The van der Waals surface area contributed by atoms with Gasteiger partial charge >= 0.3 is 0 Å². The molecular formula is C18H36N2. The van der Waals surface area contributed by atoms with Gasteiger partial charge in [0.05, 0.1) is 0 Å². The third-order valence-corrected chi connectivity index (χ3v) is 6.36. The third-order valence-electron chi connectivity index (χ3n) is 6.36. The van der Waals surface area contributed by atoms with E-state index in [-0.39, 0.29) is 0 Å². The van der Waals surface area contributed by atoms with Crippen molar-refractivity contribution in [2.24, 2.45) is 29.4 Å². The summed E-state index contributed by atoms with van der Waals surface area (Å²) >= 11 is 0. The number of nitrogens with two attached hydrogens (primary N) is 1. The highest BCUT2D eigenvalue weighted by molar-refractivity contribution is 4.97. The number of rotatable bonds is 4. The SMILES string of the molecule is CC(C)C1CCCC(CN)(N2CCC(C(C)C)C2)CC1. The highest BCUT2D eigenvalue weighted by Gasteiger charge is 2.41. The molecule has 0 aromatic heterocycles. The molecule has 0 amide bonds. The maximum Gasteiger partial charge on any atom is 0.0331 e. The normalized spacial score (nSPS) is 36.8. The minimum absolute atomic E-state index is 0.327. The Hall–Kier alpha value is -0.0800. The third kappa shape index (κ3) is 3.39. The standard InChI is InChI=1S/C18H36N2/c1-14(2)16-6-5-9-18(13-19,10-7-16)20-11-8-17(12-20)15(3)4/h14-17H,5-13,19H2,1-4H3. The summed E-state index contributed by atoms with van der Waals surface area (Å²) in [4.78, 5) is 2.78. The summed E-state index contributed by atoms with van der Waals surface area (Å²) in [5.74, 6) is 3.48. The van der Waals surface area contributed by atoms with E-state index in [0.717, 1.165) is 30.2 Å². The van der Waals surface area contributed by atoms with E-state index in [2.05, 4.69) is 32.6 Å². The molecule has 2 N–H and O–H groups in total. The minimum Gasteiger partial charge on any atom is -0.329 e. The van der Waals surface area contributed by atoms with Crippen LogP contribution in [0.15, 0.2) is 0 Å². The quantitative estimate of drug-likeness (QED) is 0.791. The van der Waals surface area contributed by atoms with Gasteiger partial charge in [0.25, 0.3) is 0 Å². The Morgan fingerprint density at radius 3 is 2.25 bits per heavy atom. The lowest BCUT2D eigenvalue weighted by Gasteiger charge is -2.41. The lowest BCUT2D eigenvalue weighted by Crippen LogP contribution is -2.52. The van der Waals surface area contributed by atoms with Crippen molar-refractivity contribution < 1.29 is 0 Å². The summed E-state index contributed by atoms with van der Waals surface area (Å²) in [5.41, 5.74) is 6.62. The van der Waals surface area contributed by atoms with Gasteiger partial charge in [-0.1, -0.05) is 40.5 Å². The van der Waals surface area contributed by atoms with Crippen LogP contribution in [0.2, 0.25) is 0 Å². The first kappa shape index (κ1) is 16.3. The Bertz CT molecular complexity index is 300. The Balaban J connectivity index is 2.03. The van der Waals surface area contributed by atoms with Crippen LogP contribution in [0.25, 0.3) is 0 Å². The van der Waals surface area contributed by atoms with Crippen molar-refractivity contribution >= 4 is 0 Å². The maximum atomic E-state index is 6.29. The fourth-order valence-corrected chi connectivity index (χ4v) is 4.50. The smallest absolute Gasteiger partial charge is 0.0331 e. The van der Waals surface area contributed by atoms with Gasteiger partial charge in [-0.15, -0.1) is 0 Å². The van der Waals surface area contributed by atoms with E-state index in [9.17, 15) is 0 Å². The van der Waals surface area contributed by atoms with E-state index in [4.69, 9.17) is 5.73 Å². The van der Waals surface area contributed by atoms with Gasteiger partial charge in [0.1, 0.15) is 0 Å². The average Bonchev–Trinajstić information content (AvgIpc) is 2.80. The summed E-state index contributed by atoms with van der Waals surface area (Å²) in [5, 5.41) is 0. The van der Waals surface area contributed by atoms with E-state index in [0.29, 0.717) is 5.54 Å². The highest BCUT2D eigenvalue weighted by Crippen LogP contribution is 2.40. The Labute approximate surface area is 126 Å². The van der Waals surface area contributed by atoms with E-state index >= 15 is 0 Å². The fourth-order valence-electron chi connectivity index (χ4n) is 4.50. The van der Waals surface area contributed by atoms with Gasteiger partial charge in [-0.25, -0.2) is 0 Å². The van der Waals surface area contributed by atoms with E-state index in [1.807, 2.05) is 0 Å². The molecule has 2 heteroatoms. The second kappa shape index (κ2) is 6.79. The first-order valence-electron chi connectivity index (χ1n) is 8.93. The monoisotopic (exact) mass is 280 g/mol. The molecule has 20 heavy (non-hydrogen) atoms. The van der Waals surface area contributed by atoms with Crippen molar-refractivity contribution in [3.63, 3.8) is 0 Å². The molecule has 0 aromatic carbocycles. The van der Waals surface area contributed by atoms with Crippen LogP contribution in [-0.2, 0) is 0 Å². The Kier molecular flexibility index (Phi) is 5.53. The first-order valence-corrected chi connectivity index (χ1v) is 8.93. The Morgan fingerprint density at radius 2 is 1.70 bits per heavy atom. The van der Waals surface area contributed by atoms with Crippen molar-refractivity contribution in [1.82, 2.24) is 4.90 Å². The molecule has 3 unspecified atom stereocenters. The summed E-state index contributed by atoms with van der Waals surface area (Å²) in [6, 6.07) is 0. The molecule has 0 radical (unpaired) electrons. The molecule has 1 saturated heterocycles. The molecular weight excluding hydrogens is 244 g/mol. The molecule has 0 bridgehead atoms. The van der Waals surface area contributed by atoms with Crippen molar-refractivity contribution in [1.29, 1.82) is 0 Å². The number of hydrogen-bond donors (Lipinski definition) is 1. The lowest BCUT2D eigenvalue weighted by atomic mass is 9.85. The zero-order chi connectivity index (χ0) is 14.8. The number of nitrogens with zero attached hydrogens (tertiary/aromatic N) is 1. The van der Waals surface area contributed by atoms with Gasteiger partial charge in [0.2, 0.25) is 0 Å². The average molecular weight is 281 g/mol. The maximum absolute atomic E-state index is 6.29. The summed E-state index contributed by atoms with van der Waals surface area (Å²) in [6.45, 7) is 13.0. The van der Waals surface area contributed by atoms with Gasteiger partial charge in [-0.3, -0.25) is 4.90 Å². The van der Waals surface area contributed by atoms with E-state index in [1.54, 1.807) is 0 Å². The lowest BCUT2D eigenvalue weighted by molar-refractivity contribution is 0.0959. The molecule has 1 heterocycles. The molecule has 1 aliphatic heterocycles. The first-order chi connectivity index (χ1) is 9.48. The summed E-state index contributed by atoms with van der Waals surface area (Å²) in [6.07, 6.45) is 8.23. The fraction of sp³-hybridized carbons (Fsp3) is 1.00. The molecule has 3 atom stereocenters. The van der Waals surface area contributed by atoms with Crippen LogP contribution in [0.1, 0.15) is 66.2 Å². The molecule has 0 aromatic rings. The molecule has 118 valence electrons. The molecule has 2 aliphatic rings. The van der Waals surface area contributed by atoms with Crippen LogP contribution in [0, 0.1) is 23.7 Å². The van der Waals surface area contributed by atoms with E-state index < -0.39 is 0 Å². The summed E-state index contributed by atoms with van der Waals surface area (Å²) < 4.78 is 0. The van der Waals surface area contributed by atoms with Gasteiger partial charge in [-0.05, 0) is 55.9 Å². The van der Waals surface area contributed by atoms with Gasteiger partial charge in [-0.2, -0.15) is 0 Å². The van der Waals surface area contributed by atoms with Crippen molar-refractivity contribution in [2.75, 3.05) is 19.6 Å². The topological polar surface area (TPSA) is 29.3 Å². The molecule has 0 spiro atoms. The van der Waals surface area contributed by atoms with Gasteiger partial charge in [0.15, 0.2) is 0 Å². The molecule has 1 aliphatic carbocycles. The van der Waals surface area contributed by atoms with Gasteiger partial charge < -0.3 is 5.73 Å². The minimum atomic E-state index is 0.327. The van der Waals surface area contributed by atoms with Crippen LogP contribution < -0.4 is 5.73 Å². The predicted molar refractivity (Wildman–Crippen MR) is 87.7 cm³/mol.